The number of phenolic OH excluding ortho intramolecular Hbond substituents is 1. The fraction of sp³-hybridized carbons (Fsp3) is 0.667. The number of likely N-dealkylation sites (N-methyl/N-ethyl adjacent to an activating group) is 1. The molecular weight excluding hydrogens is 260 g/mol. The smallest absolute Gasteiger partial charge is 0.115 e. The van der Waals surface area contributed by atoms with Crippen molar-refractivity contribution in [1.29, 1.82) is 0 Å². The highest BCUT2D eigenvalue weighted by Crippen LogP contribution is 2.13. The fourth-order valence-electron chi connectivity index (χ4n) is 2.83. The number of benzene rings is 1. The second-order valence-corrected chi connectivity index (χ2v) is 5.73. The molecule has 0 aliphatic carbocycles. The molecule has 0 fully saturated rings. The van der Waals surface area contributed by atoms with Gasteiger partial charge in [0.05, 0.1) is 0 Å². The number of hydrogen-bond donors (Lipinski definition) is 1. The Bertz CT molecular complexity index is 373. The second kappa shape index (κ2) is 9.80. The number of nitrogens with zero attached hydrogens (tertiary/aromatic N) is 2. The zero-order chi connectivity index (χ0) is 15.7. The van der Waals surface area contributed by atoms with E-state index in [0.29, 0.717) is 11.8 Å². The van der Waals surface area contributed by atoms with Crippen molar-refractivity contribution < 1.29 is 5.11 Å². The maximum Gasteiger partial charge on any atom is 0.115 e. The van der Waals surface area contributed by atoms with Crippen LogP contribution in [0.2, 0.25) is 0 Å². The number of phenols is 1. The third kappa shape index (κ3) is 6.49. The molecule has 0 heterocycles. The van der Waals surface area contributed by atoms with Crippen LogP contribution in [-0.2, 0) is 6.42 Å². The molecule has 3 nitrogen and oxygen atoms in total. The molecule has 0 aliphatic rings. The van der Waals surface area contributed by atoms with Crippen LogP contribution in [0.4, 0.5) is 0 Å². The van der Waals surface area contributed by atoms with Crippen molar-refractivity contribution in [2.45, 2.75) is 46.6 Å². The molecule has 0 saturated heterocycles. The van der Waals surface area contributed by atoms with E-state index in [2.05, 4.69) is 37.5 Å². The maximum atomic E-state index is 9.35. The van der Waals surface area contributed by atoms with E-state index < -0.39 is 0 Å². The van der Waals surface area contributed by atoms with Crippen molar-refractivity contribution in [3.8, 4) is 5.75 Å². The first-order chi connectivity index (χ1) is 10.1. The van der Waals surface area contributed by atoms with Crippen LogP contribution in [0.3, 0.4) is 0 Å². The minimum atomic E-state index is 0.345. The fourth-order valence-corrected chi connectivity index (χ4v) is 2.83. The Morgan fingerprint density at radius 2 is 1.57 bits per heavy atom. The molecule has 120 valence electrons. The van der Waals surface area contributed by atoms with Crippen molar-refractivity contribution >= 4 is 0 Å². The van der Waals surface area contributed by atoms with Gasteiger partial charge in [-0.1, -0.05) is 32.9 Å². The van der Waals surface area contributed by atoms with Crippen LogP contribution in [0.15, 0.2) is 24.3 Å². The van der Waals surface area contributed by atoms with E-state index in [1.54, 1.807) is 12.1 Å². The molecule has 0 aromatic heterocycles. The van der Waals surface area contributed by atoms with Gasteiger partial charge in [-0.15, -0.1) is 0 Å². The van der Waals surface area contributed by atoms with E-state index in [1.807, 2.05) is 12.1 Å². The van der Waals surface area contributed by atoms with E-state index in [-0.39, 0.29) is 0 Å². The SMILES string of the molecule is CCN(CC)CCCN(CC)C(C)Cc1ccc(O)cc1. The van der Waals surface area contributed by atoms with E-state index in [4.69, 9.17) is 0 Å². The molecule has 3 heteroatoms. The molecule has 0 radical (unpaired) electrons. The van der Waals surface area contributed by atoms with Crippen LogP contribution in [0.1, 0.15) is 39.7 Å². The number of hydrogen-bond acceptors (Lipinski definition) is 3. The lowest BCUT2D eigenvalue weighted by atomic mass is 10.1. The van der Waals surface area contributed by atoms with Gasteiger partial charge in [0, 0.05) is 6.04 Å². The Hall–Kier alpha value is -1.06. The lowest BCUT2D eigenvalue weighted by molar-refractivity contribution is 0.198. The number of aromatic hydroxyl groups is 1. The van der Waals surface area contributed by atoms with Gasteiger partial charge in [-0.2, -0.15) is 0 Å². The first-order valence-electron chi connectivity index (χ1n) is 8.34. The highest BCUT2D eigenvalue weighted by molar-refractivity contribution is 5.26. The minimum Gasteiger partial charge on any atom is -0.508 e. The van der Waals surface area contributed by atoms with Crippen molar-refractivity contribution in [3.63, 3.8) is 0 Å². The summed E-state index contributed by atoms with van der Waals surface area (Å²) >= 11 is 0. The van der Waals surface area contributed by atoms with Gasteiger partial charge in [0.2, 0.25) is 0 Å². The number of rotatable bonds is 10. The van der Waals surface area contributed by atoms with Gasteiger partial charge in [0.15, 0.2) is 0 Å². The summed E-state index contributed by atoms with van der Waals surface area (Å²) < 4.78 is 0. The highest BCUT2D eigenvalue weighted by atomic mass is 16.3. The van der Waals surface area contributed by atoms with Gasteiger partial charge in [0.1, 0.15) is 5.75 Å². The van der Waals surface area contributed by atoms with Crippen LogP contribution in [-0.4, -0.2) is 53.7 Å². The Labute approximate surface area is 130 Å². The van der Waals surface area contributed by atoms with Gasteiger partial charge >= 0.3 is 0 Å². The lowest BCUT2D eigenvalue weighted by Gasteiger charge is -2.29. The standard InChI is InChI=1S/C18H32N2O/c1-5-19(6-2)13-8-14-20(7-3)16(4)15-17-9-11-18(21)12-10-17/h9-12,16,21H,5-8,13-15H2,1-4H3. The molecule has 0 spiro atoms. The third-order valence-corrected chi connectivity index (χ3v) is 4.31. The van der Waals surface area contributed by atoms with Crippen LogP contribution in [0.5, 0.6) is 5.75 Å². The molecule has 0 saturated carbocycles. The minimum absolute atomic E-state index is 0.345. The highest BCUT2D eigenvalue weighted by Gasteiger charge is 2.12. The van der Waals surface area contributed by atoms with Gasteiger partial charge in [-0.3, -0.25) is 0 Å². The van der Waals surface area contributed by atoms with Crippen molar-refractivity contribution in [2.24, 2.45) is 0 Å². The van der Waals surface area contributed by atoms with Crippen LogP contribution >= 0.6 is 0 Å². The Kier molecular flexibility index (Phi) is 8.40. The molecule has 0 bridgehead atoms. The van der Waals surface area contributed by atoms with E-state index >= 15 is 0 Å². The van der Waals surface area contributed by atoms with Crippen LogP contribution in [0.25, 0.3) is 0 Å². The predicted octanol–water partition coefficient (Wildman–Crippen LogP) is 3.38. The van der Waals surface area contributed by atoms with Gasteiger partial charge in [-0.25, -0.2) is 0 Å². The third-order valence-electron chi connectivity index (χ3n) is 4.31. The Morgan fingerprint density at radius 3 is 2.10 bits per heavy atom. The molecule has 1 aromatic carbocycles. The first kappa shape index (κ1) is 18.0. The second-order valence-electron chi connectivity index (χ2n) is 5.73. The topological polar surface area (TPSA) is 26.7 Å². The summed E-state index contributed by atoms with van der Waals surface area (Å²) in [7, 11) is 0. The molecule has 1 unspecified atom stereocenters. The normalized spacial score (nSPS) is 13.0. The van der Waals surface area contributed by atoms with Gasteiger partial charge < -0.3 is 14.9 Å². The predicted molar refractivity (Wildman–Crippen MR) is 90.9 cm³/mol. The zero-order valence-electron chi connectivity index (χ0n) is 14.2. The van der Waals surface area contributed by atoms with Crippen LogP contribution < -0.4 is 0 Å². The molecule has 1 atom stereocenters. The summed E-state index contributed by atoms with van der Waals surface area (Å²) in [6.45, 7) is 14.7. The molecule has 1 N–H and O–H groups in total. The quantitative estimate of drug-likeness (QED) is 0.716. The summed E-state index contributed by atoms with van der Waals surface area (Å²) in [4.78, 5) is 5.04. The summed E-state index contributed by atoms with van der Waals surface area (Å²) in [5.74, 6) is 0.345. The zero-order valence-corrected chi connectivity index (χ0v) is 14.2. The molecule has 1 aromatic rings. The van der Waals surface area contributed by atoms with E-state index in [0.717, 1.165) is 32.6 Å². The van der Waals surface area contributed by atoms with Crippen molar-refractivity contribution in [1.82, 2.24) is 9.80 Å². The van der Waals surface area contributed by atoms with E-state index in [1.165, 1.54) is 18.5 Å². The van der Waals surface area contributed by atoms with Gasteiger partial charge in [0.25, 0.3) is 0 Å². The summed E-state index contributed by atoms with van der Waals surface area (Å²) in [5, 5.41) is 9.35. The Morgan fingerprint density at radius 1 is 0.952 bits per heavy atom. The lowest BCUT2D eigenvalue weighted by Crippen LogP contribution is -2.37. The average molecular weight is 292 g/mol. The largest absolute Gasteiger partial charge is 0.508 e. The van der Waals surface area contributed by atoms with Crippen molar-refractivity contribution in [2.75, 3.05) is 32.7 Å². The van der Waals surface area contributed by atoms with Crippen LogP contribution in [0, 0.1) is 0 Å². The Balaban J connectivity index is 2.41. The molecule has 1 rings (SSSR count). The molecular formula is C18H32N2O. The van der Waals surface area contributed by atoms with E-state index in [9.17, 15) is 5.11 Å². The summed E-state index contributed by atoms with van der Waals surface area (Å²) in [6, 6.07) is 8.14. The van der Waals surface area contributed by atoms with Gasteiger partial charge in [-0.05, 0) is 70.2 Å². The molecule has 21 heavy (non-hydrogen) atoms. The average Bonchev–Trinajstić information content (AvgIpc) is 2.50. The summed E-state index contributed by atoms with van der Waals surface area (Å²) in [5.41, 5.74) is 1.29. The first-order valence-corrected chi connectivity index (χ1v) is 8.34. The monoisotopic (exact) mass is 292 g/mol. The molecule has 0 aliphatic heterocycles. The summed E-state index contributed by atoms with van der Waals surface area (Å²) in [6.07, 6.45) is 2.27. The maximum absolute atomic E-state index is 9.35. The van der Waals surface area contributed by atoms with Crippen molar-refractivity contribution in [3.05, 3.63) is 29.8 Å². The molecule has 0 amide bonds.